The predicted octanol–water partition coefficient (Wildman–Crippen LogP) is 3.87. The lowest BCUT2D eigenvalue weighted by Gasteiger charge is -2.30. The van der Waals surface area contributed by atoms with Crippen molar-refractivity contribution >= 4 is 0 Å². The Bertz CT molecular complexity index is 1060. The van der Waals surface area contributed by atoms with E-state index in [9.17, 15) is 9.50 Å². The first-order valence-electron chi connectivity index (χ1n) is 12.0. The van der Waals surface area contributed by atoms with Gasteiger partial charge >= 0.3 is 0 Å². The summed E-state index contributed by atoms with van der Waals surface area (Å²) in [4.78, 5) is 6.57. The number of rotatable bonds is 10. The highest BCUT2D eigenvalue weighted by Crippen LogP contribution is 2.20. The molecule has 2 aromatic carbocycles. The number of ether oxygens (including phenoxy) is 3. The van der Waals surface area contributed by atoms with Crippen molar-refractivity contribution in [3.63, 3.8) is 0 Å². The second kappa shape index (κ2) is 11.7. The van der Waals surface area contributed by atoms with Crippen LogP contribution in [-0.4, -0.2) is 64.7 Å². The van der Waals surface area contributed by atoms with Gasteiger partial charge in [0.05, 0.1) is 19.8 Å². The molecule has 0 radical (unpaired) electrons. The van der Waals surface area contributed by atoms with E-state index in [1.807, 2.05) is 36.7 Å². The van der Waals surface area contributed by atoms with Crippen molar-refractivity contribution in [2.24, 2.45) is 0 Å². The molecule has 0 amide bonds. The van der Waals surface area contributed by atoms with E-state index in [4.69, 9.17) is 14.2 Å². The predicted molar refractivity (Wildman–Crippen MR) is 131 cm³/mol. The smallest absolute Gasteiger partial charge is 0.134 e. The number of nitrogens with zero attached hydrogens (tertiary/aromatic N) is 3. The zero-order valence-corrected chi connectivity index (χ0v) is 20.4. The third kappa shape index (κ3) is 7.27. The molecule has 1 aliphatic rings. The number of imidazole rings is 1. The van der Waals surface area contributed by atoms with Gasteiger partial charge in [-0.1, -0.05) is 26.0 Å². The molecule has 1 fully saturated rings. The topological polar surface area (TPSA) is 69.0 Å². The van der Waals surface area contributed by atoms with Crippen molar-refractivity contribution in [2.45, 2.75) is 38.5 Å². The molecule has 1 N–H and O–H groups in total. The lowest BCUT2D eigenvalue weighted by molar-refractivity contribution is -0.0646. The molecule has 4 rings (SSSR count). The van der Waals surface area contributed by atoms with Crippen molar-refractivity contribution < 1.29 is 23.7 Å². The van der Waals surface area contributed by atoms with E-state index < -0.39 is 5.60 Å². The number of aliphatic hydroxyl groups is 1. The van der Waals surface area contributed by atoms with Crippen LogP contribution in [0.1, 0.15) is 31.2 Å². The zero-order chi connectivity index (χ0) is 24.7. The molecule has 188 valence electrons. The molecule has 1 saturated heterocycles. The number of hydrogen-bond acceptors (Lipinski definition) is 6. The van der Waals surface area contributed by atoms with Gasteiger partial charge in [-0.25, -0.2) is 9.37 Å². The first-order chi connectivity index (χ1) is 16.9. The Morgan fingerprint density at radius 2 is 1.80 bits per heavy atom. The van der Waals surface area contributed by atoms with E-state index in [-0.39, 0.29) is 19.0 Å². The van der Waals surface area contributed by atoms with Gasteiger partial charge in [-0.2, -0.15) is 0 Å². The monoisotopic (exact) mass is 483 g/mol. The van der Waals surface area contributed by atoms with Crippen molar-refractivity contribution in [1.29, 1.82) is 0 Å². The average molecular weight is 484 g/mol. The van der Waals surface area contributed by atoms with Gasteiger partial charge in [0.25, 0.3) is 0 Å². The molecule has 0 unspecified atom stereocenters. The second-order valence-electron chi connectivity index (χ2n) is 9.36. The summed E-state index contributed by atoms with van der Waals surface area (Å²) in [5.41, 5.74) is -0.0337. The van der Waals surface area contributed by atoms with E-state index in [2.05, 4.69) is 28.3 Å². The van der Waals surface area contributed by atoms with Gasteiger partial charge in [-0.3, -0.25) is 4.90 Å². The van der Waals surface area contributed by atoms with Crippen LogP contribution in [0.25, 0.3) is 0 Å². The summed E-state index contributed by atoms with van der Waals surface area (Å²) in [6.07, 6.45) is 3.81. The molecule has 0 aliphatic carbocycles. The van der Waals surface area contributed by atoms with E-state index in [1.54, 1.807) is 12.1 Å². The minimum atomic E-state index is -1.16. The van der Waals surface area contributed by atoms with Gasteiger partial charge in [0, 0.05) is 37.9 Å². The minimum Gasteiger partial charge on any atom is -0.492 e. The van der Waals surface area contributed by atoms with E-state index >= 15 is 0 Å². The van der Waals surface area contributed by atoms with E-state index in [0.29, 0.717) is 44.5 Å². The van der Waals surface area contributed by atoms with Crippen LogP contribution in [0.15, 0.2) is 60.9 Å². The van der Waals surface area contributed by atoms with Gasteiger partial charge in [-0.05, 0) is 42.0 Å². The van der Waals surface area contributed by atoms with Crippen LogP contribution >= 0.6 is 0 Å². The van der Waals surface area contributed by atoms with Gasteiger partial charge in [0.1, 0.15) is 42.0 Å². The maximum absolute atomic E-state index is 13.1. The van der Waals surface area contributed by atoms with Crippen LogP contribution < -0.4 is 9.47 Å². The summed E-state index contributed by atoms with van der Waals surface area (Å²) in [7, 11) is 0. The summed E-state index contributed by atoms with van der Waals surface area (Å²) < 4.78 is 32.5. The summed E-state index contributed by atoms with van der Waals surface area (Å²) in [5.74, 6) is 2.45. The molecule has 1 atom stereocenters. The van der Waals surface area contributed by atoms with Crippen molar-refractivity contribution in [3.8, 4) is 11.5 Å². The molecule has 2 heterocycles. The Kier molecular flexibility index (Phi) is 8.38. The van der Waals surface area contributed by atoms with Crippen LogP contribution in [0.5, 0.6) is 11.5 Å². The Hall–Kier alpha value is -2.94. The number of aromatic nitrogens is 2. The third-order valence-corrected chi connectivity index (χ3v) is 5.96. The summed E-state index contributed by atoms with van der Waals surface area (Å²) in [6.45, 7) is 8.17. The molecule has 3 aromatic rings. The van der Waals surface area contributed by atoms with Crippen LogP contribution in [0, 0.1) is 5.82 Å². The third-order valence-electron chi connectivity index (χ3n) is 5.96. The lowest BCUT2D eigenvalue weighted by atomic mass is 10.1. The molecule has 1 aliphatic heterocycles. The van der Waals surface area contributed by atoms with Gasteiger partial charge in [-0.15, -0.1) is 0 Å². The van der Waals surface area contributed by atoms with Crippen LogP contribution in [0.2, 0.25) is 0 Å². The number of halogens is 1. The molecule has 0 bridgehead atoms. The Morgan fingerprint density at radius 3 is 2.54 bits per heavy atom. The molecule has 8 heteroatoms. The molecular formula is C27H34FN3O4. The molecule has 7 nitrogen and oxygen atoms in total. The fourth-order valence-electron chi connectivity index (χ4n) is 4.19. The maximum atomic E-state index is 13.1. The van der Waals surface area contributed by atoms with E-state index in [0.717, 1.165) is 23.7 Å². The fourth-order valence-corrected chi connectivity index (χ4v) is 4.19. The van der Waals surface area contributed by atoms with E-state index in [1.165, 1.54) is 12.1 Å². The van der Waals surface area contributed by atoms with Crippen LogP contribution in [-0.2, 0) is 17.8 Å². The quantitative estimate of drug-likeness (QED) is 0.472. The minimum absolute atomic E-state index is 0.0668. The Morgan fingerprint density at radius 1 is 1.09 bits per heavy atom. The first-order valence-corrected chi connectivity index (χ1v) is 12.0. The highest BCUT2D eigenvalue weighted by molar-refractivity contribution is 5.27. The summed E-state index contributed by atoms with van der Waals surface area (Å²) >= 11 is 0. The highest BCUT2D eigenvalue weighted by atomic mass is 19.1. The zero-order valence-electron chi connectivity index (χ0n) is 20.4. The Labute approximate surface area is 206 Å². The lowest BCUT2D eigenvalue weighted by Crippen LogP contribution is -2.48. The second-order valence-corrected chi connectivity index (χ2v) is 9.36. The fraction of sp³-hybridized carbons (Fsp3) is 0.444. The molecule has 35 heavy (non-hydrogen) atoms. The molecule has 0 spiro atoms. The maximum Gasteiger partial charge on any atom is 0.134 e. The summed E-state index contributed by atoms with van der Waals surface area (Å²) in [5, 5.41) is 11.1. The Balaban J connectivity index is 1.27. The van der Waals surface area contributed by atoms with Crippen LogP contribution in [0.4, 0.5) is 4.39 Å². The van der Waals surface area contributed by atoms with Crippen molar-refractivity contribution in [3.05, 3.63) is 78.1 Å². The van der Waals surface area contributed by atoms with Crippen LogP contribution in [0.3, 0.4) is 0 Å². The first kappa shape index (κ1) is 25.2. The number of hydrogen-bond donors (Lipinski definition) is 1. The van der Waals surface area contributed by atoms with Crippen molar-refractivity contribution in [1.82, 2.24) is 14.5 Å². The van der Waals surface area contributed by atoms with Gasteiger partial charge in [0.2, 0.25) is 0 Å². The molecular weight excluding hydrogens is 449 g/mol. The average Bonchev–Trinajstić information content (AvgIpc) is 3.24. The molecule has 0 saturated carbocycles. The molecule has 1 aromatic heterocycles. The number of β-amino-alcohol motifs (C(OH)–C–C–N with tert-alkyl or cyclic N) is 1. The number of benzene rings is 2. The highest BCUT2D eigenvalue weighted by Gasteiger charge is 2.33. The normalized spacial score (nSPS) is 19.0. The summed E-state index contributed by atoms with van der Waals surface area (Å²) in [6, 6.07) is 13.8. The van der Waals surface area contributed by atoms with Gasteiger partial charge in [0.15, 0.2) is 0 Å². The van der Waals surface area contributed by atoms with Gasteiger partial charge < -0.3 is 23.9 Å². The SMILES string of the molecule is CC(C)c1nccn1CCOc1ccc(CN2CCOC[C@](O)(COc3ccc(F)cc3)C2)cc1. The van der Waals surface area contributed by atoms with Crippen molar-refractivity contribution in [2.75, 3.05) is 39.5 Å². The largest absolute Gasteiger partial charge is 0.492 e. The standard InChI is InChI=1S/C27H34FN3O4/c1-21(2)26-29-11-12-31(26)14-16-34-24-7-3-22(4-8-24)17-30-13-15-33-19-27(32,18-30)20-35-25-9-5-23(28)6-10-25/h3-12,21,32H,13-20H2,1-2H3/t27-/m0/s1.